The highest BCUT2D eigenvalue weighted by molar-refractivity contribution is 7.28. The number of hydrogen-bond acceptors (Lipinski definition) is 8. The molecule has 8 heteroatoms. The van der Waals surface area contributed by atoms with Crippen LogP contribution in [0, 0.1) is 19.3 Å². The molecule has 0 N–H and O–H groups in total. The molecule has 0 fully saturated rings. The maximum absolute atomic E-state index is 13.3. The molecular weight excluding hydrogens is 1130 g/mol. The van der Waals surface area contributed by atoms with Gasteiger partial charge in [0.2, 0.25) is 0 Å². The van der Waals surface area contributed by atoms with E-state index in [9.17, 15) is 9.59 Å². The first kappa shape index (κ1) is 64.4. The lowest BCUT2D eigenvalue weighted by molar-refractivity contribution is -0.147. The van der Waals surface area contributed by atoms with Crippen LogP contribution in [0.25, 0.3) is 52.2 Å². The van der Waals surface area contributed by atoms with Crippen molar-refractivity contribution >= 4 is 88.7 Å². The molecule has 460 valence electrons. The van der Waals surface area contributed by atoms with Crippen LogP contribution in [0.1, 0.15) is 147 Å². The molecule has 0 amide bonds. The Balaban J connectivity index is 0.892. The zero-order valence-corrected chi connectivity index (χ0v) is 55.5. The summed E-state index contributed by atoms with van der Waals surface area (Å²) >= 11 is 3.75. The molecule has 89 heavy (non-hydrogen) atoms. The van der Waals surface area contributed by atoms with Gasteiger partial charge >= 0.3 is 5.97 Å². The summed E-state index contributed by atoms with van der Waals surface area (Å²) in [6.07, 6.45) is 14.9. The minimum absolute atomic E-state index is 0.204. The van der Waals surface area contributed by atoms with Crippen molar-refractivity contribution in [2.75, 3.05) is 23.0 Å². The fourth-order valence-corrected chi connectivity index (χ4v) is 14.9. The van der Waals surface area contributed by atoms with E-state index in [1.807, 2.05) is 22.7 Å². The predicted octanol–water partition coefficient (Wildman–Crippen LogP) is 23.8. The summed E-state index contributed by atoms with van der Waals surface area (Å²) < 4.78 is 14.3. The summed E-state index contributed by atoms with van der Waals surface area (Å²) in [7, 11) is 0. The van der Waals surface area contributed by atoms with Crippen molar-refractivity contribution in [3.8, 4) is 32.0 Å². The Kier molecular flexibility index (Phi) is 21.9. The summed E-state index contributed by atoms with van der Waals surface area (Å²) in [5.41, 5.74) is 15.6. The third kappa shape index (κ3) is 16.4. The zero-order valence-electron chi connectivity index (χ0n) is 53.8. The van der Waals surface area contributed by atoms with E-state index in [2.05, 4.69) is 259 Å². The molecule has 2 heterocycles. The molecule has 0 aliphatic carbocycles. The number of unbranched alkanes of at least 4 members (excludes halogenated alkanes) is 6. The number of carbonyl (C=O) groups excluding carboxylic acids is 2. The van der Waals surface area contributed by atoms with E-state index >= 15 is 0 Å². The molecule has 0 radical (unpaired) electrons. The van der Waals surface area contributed by atoms with E-state index in [0.29, 0.717) is 31.7 Å². The van der Waals surface area contributed by atoms with E-state index in [0.717, 1.165) is 83.8 Å². The van der Waals surface area contributed by atoms with Crippen molar-refractivity contribution < 1.29 is 19.1 Å². The van der Waals surface area contributed by atoms with Gasteiger partial charge in [0.05, 0.1) is 12.2 Å². The molecule has 0 aliphatic rings. The molecule has 0 saturated heterocycles. The topological polar surface area (TPSA) is 59.1 Å². The van der Waals surface area contributed by atoms with Crippen LogP contribution in [0.5, 0.6) is 0 Å². The average molecular weight is 1220 g/mol. The van der Waals surface area contributed by atoms with Gasteiger partial charge in [-0.05, 0) is 200 Å². The lowest BCUT2D eigenvalue weighted by Crippen LogP contribution is -2.26. The number of thiophene rings is 2. The maximum Gasteiger partial charge on any atom is 0.306 e. The van der Waals surface area contributed by atoms with Crippen LogP contribution in [0.2, 0.25) is 0 Å². The first-order valence-electron chi connectivity index (χ1n) is 32.7. The highest BCUT2D eigenvalue weighted by atomic mass is 32.1. The van der Waals surface area contributed by atoms with Gasteiger partial charge in [0.15, 0.2) is 0 Å². The Labute approximate surface area is 538 Å². The normalized spacial score (nSPS) is 11.8. The standard InChI is InChI=1S/C81H90N2O4S2/c1-9-11-13-14-22-53-81(7,8)87-55-54-86-77(85)51-34-61-32-41-67(42-33-61)83(69-45-37-65(38-46-69)63-27-19-16-20-28-63)71-48-50-75-73(57-71)59(4)79(89-75)78-58(3)72-56-70(47-49-74(72)88-78)82(68-43-35-64(36-44-68)62-25-17-15-18-26-62)66-39-30-60(31-40-66)24-23-29-76(84)80(5,6)52-21-12-10-2/h15-20,25-28,30-33,35-50,56-57H,9-14,21-24,29,34,51-55H2,1-8H3. The second-order valence-corrected chi connectivity index (χ2v) is 27.5. The van der Waals surface area contributed by atoms with Gasteiger partial charge in [-0.25, -0.2) is 0 Å². The van der Waals surface area contributed by atoms with Crippen LogP contribution < -0.4 is 9.80 Å². The number of anilines is 6. The van der Waals surface area contributed by atoms with Crippen LogP contribution >= 0.6 is 22.7 Å². The summed E-state index contributed by atoms with van der Waals surface area (Å²) in [5, 5.41) is 2.49. The molecule has 0 bridgehead atoms. The number of ketones is 1. The molecule has 0 saturated carbocycles. The number of esters is 1. The minimum atomic E-state index is -0.264. The summed E-state index contributed by atoms with van der Waals surface area (Å²) in [4.78, 5) is 33.6. The van der Waals surface area contributed by atoms with Crippen LogP contribution in [0.3, 0.4) is 0 Å². The number of ether oxygens (including phenoxy) is 2. The van der Waals surface area contributed by atoms with E-state index < -0.39 is 0 Å². The number of Topliss-reactive ketones (excluding diaryl/α,β-unsaturated/α-hetero) is 1. The van der Waals surface area contributed by atoms with Gasteiger partial charge < -0.3 is 19.3 Å². The van der Waals surface area contributed by atoms with Gasteiger partial charge in [-0.1, -0.05) is 188 Å². The molecule has 0 aliphatic heterocycles. The molecule has 6 nitrogen and oxygen atoms in total. The summed E-state index contributed by atoms with van der Waals surface area (Å²) in [6.45, 7) is 18.2. The smallest absolute Gasteiger partial charge is 0.306 e. The molecule has 0 spiro atoms. The summed E-state index contributed by atoms with van der Waals surface area (Å²) in [5.74, 6) is 0.177. The highest BCUT2D eigenvalue weighted by Gasteiger charge is 2.27. The van der Waals surface area contributed by atoms with Crippen molar-refractivity contribution in [3.05, 3.63) is 216 Å². The lowest BCUT2D eigenvalue weighted by Gasteiger charge is -2.26. The average Bonchev–Trinajstić information content (AvgIpc) is 1.77. The van der Waals surface area contributed by atoms with Gasteiger partial charge in [0.1, 0.15) is 12.4 Å². The Bertz CT molecular complexity index is 3900. The van der Waals surface area contributed by atoms with Gasteiger partial charge in [-0.3, -0.25) is 9.59 Å². The number of aryl methyl sites for hydroxylation is 4. The number of carbonyl (C=O) groups is 2. The van der Waals surface area contributed by atoms with E-state index in [1.54, 1.807) is 0 Å². The number of fused-ring (bicyclic) bond motifs is 2. The Hall–Kier alpha value is -7.62. The van der Waals surface area contributed by atoms with Crippen molar-refractivity contribution in [1.82, 2.24) is 0 Å². The Morgan fingerprint density at radius 1 is 0.427 bits per heavy atom. The van der Waals surface area contributed by atoms with Gasteiger partial charge in [0, 0.05) is 71.5 Å². The zero-order chi connectivity index (χ0) is 62.3. The lowest BCUT2D eigenvalue weighted by atomic mass is 9.80. The monoisotopic (exact) mass is 1220 g/mol. The Morgan fingerprint density at radius 2 is 0.843 bits per heavy atom. The van der Waals surface area contributed by atoms with Crippen LogP contribution in [-0.2, 0) is 31.9 Å². The van der Waals surface area contributed by atoms with Crippen LogP contribution in [-0.4, -0.2) is 30.6 Å². The second kappa shape index (κ2) is 30.3. The molecule has 8 aromatic carbocycles. The molecular formula is C81H90N2O4S2. The highest BCUT2D eigenvalue weighted by Crippen LogP contribution is 2.49. The van der Waals surface area contributed by atoms with Crippen molar-refractivity contribution in [3.63, 3.8) is 0 Å². The predicted molar refractivity (Wildman–Crippen MR) is 381 cm³/mol. The van der Waals surface area contributed by atoms with Gasteiger partial charge in [0.25, 0.3) is 0 Å². The number of hydrogen-bond donors (Lipinski definition) is 0. The number of rotatable bonds is 31. The molecule has 2 aromatic heterocycles. The van der Waals surface area contributed by atoms with Crippen LogP contribution in [0.4, 0.5) is 34.1 Å². The fourth-order valence-electron chi connectivity index (χ4n) is 12.3. The van der Waals surface area contributed by atoms with Gasteiger partial charge in [-0.15, -0.1) is 22.7 Å². The van der Waals surface area contributed by atoms with Crippen molar-refractivity contribution in [2.45, 2.75) is 157 Å². The quantitative estimate of drug-likeness (QED) is 0.0319. The first-order chi connectivity index (χ1) is 43.2. The molecule has 0 unspecified atom stereocenters. The SMILES string of the molecule is CCCCCCCC(C)(C)OCCOC(=O)CCc1ccc(N(c2ccc(-c3ccccc3)cc2)c2ccc3sc(-c4sc5ccc(N(c6ccc(CCCC(=O)C(C)(C)CCCCC)cc6)c6ccc(-c7ccccc7)cc6)cc5c4C)c(C)c3c2)cc1. The second-order valence-electron chi connectivity index (χ2n) is 25.4. The number of benzene rings is 8. The third-order valence-electron chi connectivity index (χ3n) is 17.8. The van der Waals surface area contributed by atoms with Crippen LogP contribution in [0.15, 0.2) is 194 Å². The van der Waals surface area contributed by atoms with E-state index in [4.69, 9.17) is 9.47 Å². The molecule has 10 aromatic rings. The number of nitrogens with zero attached hydrogens (tertiary/aromatic N) is 2. The van der Waals surface area contributed by atoms with Crippen molar-refractivity contribution in [1.29, 1.82) is 0 Å². The van der Waals surface area contributed by atoms with Crippen molar-refractivity contribution in [2.24, 2.45) is 5.41 Å². The minimum Gasteiger partial charge on any atom is -0.463 e. The first-order valence-corrected chi connectivity index (χ1v) is 34.3. The third-order valence-corrected chi connectivity index (χ3v) is 20.5. The van der Waals surface area contributed by atoms with E-state index in [1.165, 1.54) is 102 Å². The van der Waals surface area contributed by atoms with E-state index in [-0.39, 0.29) is 23.6 Å². The fraction of sp³-hybridized carbons (Fsp3) is 0.333. The molecule has 10 rings (SSSR count). The largest absolute Gasteiger partial charge is 0.463 e. The van der Waals surface area contributed by atoms with Gasteiger partial charge in [-0.2, -0.15) is 0 Å². The maximum atomic E-state index is 13.3. The molecule has 0 atom stereocenters. The summed E-state index contributed by atoms with van der Waals surface area (Å²) in [6, 6.07) is 70.4. The Morgan fingerprint density at radius 3 is 1.33 bits per heavy atom.